The Balaban J connectivity index is 1.88. The van der Waals surface area contributed by atoms with Gasteiger partial charge in [0.15, 0.2) is 0 Å². The smallest absolute Gasteiger partial charge is 0.249 e. The molecule has 2 unspecified atom stereocenters. The maximum absolute atomic E-state index is 12.9. The van der Waals surface area contributed by atoms with E-state index in [1.807, 2.05) is 23.6 Å². The molecule has 0 aromatic carbocycles. The molecular formula is C14H22N2O2S. The van der Waals surface area contributed by atoms with Crippen LogP contribution in [0.2, 0.25) is 0 Å². The lowest BCUT2D eigenvalue weighted by Gasteiger charge is -2.48. The summed E-state index contributed by atoms with van der Waals surface area (Å²) in [6, 6.07) is -0.0406. The van der Waals surface area contributed by atoms with Gasteiger partial charge in [-0.1, -0.05) is 19.3 Å². The van der Waals surface area contributed by atoms with Crippen LogP contribution in [-0.4, -0.2) is 45.8 Å². The van der Waals surface area contributed by atoms with Gasteiger partial charge < -0.3 is 10.2 Å². The first-order valence-corrected chi connectivity index (χ1v) is 8.52. The van der Waals surface area contributed by atoms with E-state index in [1.54, 1.807) is 0 Å². The lowest BCUT2D eigenvalue weighted by Crippen LogP contribution is -2.71. The van der Waals surface area contributed by atoms with E-state index in [1.165, 1.54) is 6.42 Å². The van der Waals surface area contributed by atoms with Gasteiger partial charge in [0.1, 0.15) is 11.6 Å². The van der Waals surface area contributed by atoms with Gasteiger partial charge in [0.2, 0.25) is 11.8 Å². The molecule has 0 aromatic rings. The molecule has 2 amide bonds. The van der Waals surface area contributed by atoms with E-state index < -0.39 is 5.54 Å². The molecule has 2 aliphatic heterocycles. The van der Waals surface area contributed by atoms with Crippen molar-refractivity contribution in [3.05, 3.63) is 0 Å². The number of rotatable bonds is 1. The molecule has 0 bridgehead atoms. The number of amides is 2. The lowest BCUT2D eigenvalue weighted by molar-refractivity contribution is -0.158. The second-order valence-corrected chi connectivity index (χ2v) is 7.19. The molecule has 1 saturated carbocycles. The van der Waals surface area contributed by atoms with Crippen LogP contribution < -0.4 is 5.32 Å². The standard InChI is InChI=1S/C14H22N2O2S/c1-10-12(17)15-14(6-3-2-4-7-14)13(18)16(10)11-5-8-19-9-11/h10-11H,2-9H2,1H3,(H,15,17). The number of carbonyl (C=O) groups excluding carboxylic acids is 2. The first-order chi connectivity index (χ1) is 9.14. The number of carbonyl (C=O) groups is 2. The maximum Gasteiger partial charge on any atom is 0.249 e. The number of thioether (sulfide) groups is 1. The van der Waals surface area contributed by atoms with Gasteiger partial charge in [-0.05, 0) is 31.9 Å². The monoisotopic (exact) mass is 282 g/mol. The van der Waals surface area contributed by atoms with Crippen LogP contribution >= 0.6 is 11.8 Å². The summed E-state index contributed by atoms with van der Waals surface area (Å²) in [5.41, 5.74) is -0.574. The van der Waals surface area contributed by atoms with Crippen molar-refractivity contribution < 1.29 is 9.59 Å². The van der Waals surface area contributed by atoms with Gasteiger partial charge in [0.25, 0.3) is 0 Å². The van der Waals surface area contributed by atoms with E-state index >= 15 is 0 Å². The Hall–Kier alpha value is -0.710. The summed E-state index contributed by atoms with van der Waals surface area (Å²) >= 11 is 1.89. The molecule has 3 rings (SSSR count). The summed E-state index contributed by atoms with van der Waals surface area (Å²) < 4.78 is 0. The van der Waals surface area contributed by atoms with Crippen molar-refractivity contribution in [1.82, 2.24) is 10.2 Å². The van der Waals surface area contributed by atoms with Crippen molar-refractivity contribution >= 4 is 23.6 Å². The molecule has 2 heterocycles. The molecule has 1 aliphatic carbocycles. The van der Waals surface area contributed by atoms with Crippen molar-refractivity contribution in [2.24, 2.45) is 0 Å². The lowest BCUT2D eigenvalue weighted by atomic mass is 9.78. The number of hydrogen-bond acceptors (Lipinski definition) is 3. The Morgan fingerprint density at radius 2 is 2.00 bits per heavy atom. The quantitative estimate of drug-likeness (QED) is 0.794. The fraction of sp³-hybridized carbons (Fsp3) is 0.857. The van der Waals surface area contributed by atoms with E-state index in [0.29, 0.717) is 0 Å². The second kappa shape index (κ2) is 5.00. The molecule has 2 saturated heterocycles. The summed E-state index contributed by atoms with van der Waals surface area (Å²) in [7, 11) is 0. The van der Waals surface area contributed by atoms with Crippen LogP contribution in [-0.2, 0) is 9.59 Å². The number of hydrogen-bond donors (Lipinski definition) is 1. The van der Waals surface area contributed by atoms with E-state index in [9.17, 15) is 9.59 Å². The first kappa shape index (κ1) is 13.3. The van der Waals surface area contributed by atoms with Crippen LogP contribution in [0.15, 0.2) is 0 Å². The van der Waals surface area contributed by atoms with Crippen molar-refractivity contribution in [1.29, 1.82) is 0 Å². The predicted molar refractivity (Wildman–Crippen MR) is 76.0 cm³/mol. The second-order valence-electron chi connectivity index (χ2n) is 6.04. The molecule has 106 valence electrons. The highest BCUT2D eigenvalue weighted by Gasteiger charge is 2.51. The van der Waals surface area contributed by atoms with Gasteiger partial charge in [-0.3, -0.25) is 9.59 Å². The third kappa shape index (κ3) is 2.16. The molecule has 0 aromatic heterocycles. The zero-order valence-corrected chi connectivity index (χ0v) is 12.3. The van der Waals surface area contributed by atoms with Crippen molar-refractivity contribution in [3.63, 3.8) is 0 Å². The summed E-state index contributed by atoms with van der Waals surface area (Å²) in [5.74, 6) is 2.32. The molecule has 3 aliphatic rings. The van der Waals surface area contributed by atoms with Crippen molar-refractivity contribution in [2.75, 3.05) is 11.5 Å². The van der Waals surface area contributed by atoms with Gasteiger partial charge in [-0.25, -0.2) is 0 Å². The molecule has 19 heavy (non-hydrogen) atoms. The van der Waals surface area contributed by atoms with Gasteiger partial charge in [-0.2, -0.15) is 11.8 Å². The minimum atomic E-state index is -0.574. The van der Waals surface area contributed by atoms with Gasteiger partial charge in [0.05, 0.1) is 0 Å². The van der Waals surface area contributed by atoms with Crippen molar-refractivity contribution in [3.8, 4) is 0 Å². The van der Waals surface area contributed by atoms with Gasteiger partial charge >= 0.3 is 0 Å². The average molecular weight is 282 g/mol. The average Bonchev–Trinajstić information content (AvgIpc) is 2.92. The van der Waals surface area contributed by atoms with Crippen LogP contribution in [0, 0.1) is 0 Å². The zero-order valence-electron chi connectivity index (χ0n) is 11.5. The molecule has 2 atom stereocenters. The van der Waals surface area contributed by atoms with Crippen LogP contribution in [0.5, 0.6) is 0 Å². The fourth-order valence-electron chi connectivity index (χ4n) is 3.66. The third-order valence-electron chi connectivity index (χ3n) is 4.81. The molecule has 1 N–H and O–H groups in total. The van der Waals surface area contributed by atoms with Crippen LogP contribution in [0.3, 0.4) is 0 Å². The summed E-state index contributed by atoms with van der Waals surface area (Å²) in [5, 5.41) is 3.05. The van der Waals surface area contributed by atoms with E-state index in [-0.39, 0.29) is 23.9 Å². The Morgan fingerprint density at radius 1 is 1.26 bits per heavy atom. The summed E-state index contributed by atoms with van der Waals surface area (Å²) in [6.07, 6.45) is 5.95. The Labute approximate surface area is 118 Å². The Morgan fingerprint density at radius 3 is 2.63 bits per heavy atom. The van der Waals surface area contributed by atoms with Crippen LogP contribution in [0.1, 0.15) is 45.4 Å². The highest BCUT2D eigenvalue weighted by Crippen LogP contribution is 2.36. The number of piperazine rings is 1. The van der Waals surface area contributed by atoms with Crippen LogP contribution in [0.4, 0.5) is 0 Å². The molecular weight excluding hydrogens is 260 g/mol. The fourth-order valence-corrected chi connectivity index (χ4v) is 4.87. The highest BCUT2D eigenvalue weighted by atomic mass is 32.2. The molecule has 0 radical (unpaired) electrons. The Bertz CT molecular complexity index is 387. The number of nitrogens with one attached hydrogen (secondary N) is 1. The third-order valence-corrected chi connectivity index (χ3v) is 5.95. The van der Waals surface area contributed by atoms with Gasteiger partial charge in [0, 0.05) is 11.8 Å². The topological polar surface area (TPSA) is 49.4 Å². The minimum absolute atomic E-state index is 0.0402. The first-order valence-electron chi connectivity index (χ1n) is 7.37. The summed E-state index contributed by atoms with van der Waals surface area (Å²) in [4.78, 5) is 27.1. The molecule has 1 spiro atoms. The molecule has 4 nitrogen and oxygen atoms in total. The predicted octanol–water partition coefficient (Wildman–Crippen LogP) is 1.54. The SMILES string of the molecule is CC1C(=O)NC2(CCCCC2)C(=O)N1C1CCSC1. The molecule has 3 fully saturated rings. The Kier molecular flexibility index (Phi) is 3.50. The van der Waals surface area contributed by atoms with Crippen LogP contribution in [0.25, 0.3) is 0 Å². The summed E-state index contributed by atoms with van der Waals surface area (Å²) in [6.45, 7) is 1.87. The van der Waals surface area contributed by atoms with E-state index in [4.69, 9.17) is 0 Å². The van der Waals surface area contributed by atoms with E-state index in [0.717, 1.165) is 43.6 Å². The van der Waals surface area contributed by atoms with E-state index in [2.05, 4.69) is 5.32 Å². The van der Waals surface area contributed by atoms with Gasteiger partial charge in [-0.15, -0.1) is 0 Å². The van der Waals surface area contributed by atoms with Crippen molar-refractivity contribution in [2.45, 2.75) is 63.1 Å². The maximum atomic E-state index is 12.9. The molecule has 5 heteroatoms. The highest BCUT2D eigenvalue weighted by molar-refractivity contribution is 7.99. The number of nitrogens with zero attached hydrogens (tertiary/aromatic N) is 1. The normalized spacial score (nSPS) is 34.7. The largest absolute Gasteiger partial charge is 0.340 e. The zero-order chi connectivity index (χ0) is 13.5. The minimum Gasteiger partial charge on any atom is -0.340 e.